The lowest BCUT2D eigenvalue weighted by Crippen LogP contribution is -2.41. The van der Waals surface area contributed by atoms with Gasteiger partial charge in [-0.2, -0.15) is 0 Å². The van der Waals surface area contributed by atoms with E-state index in [1.165, 1.54) is 16.3 Å². The van der Waals surface area contributed by atoms with E-state index in [0.29, 0.717) is 0 Å². The molecule has 0 amide bonds. The average Bonchev–Trinajstić information content (AvgIpc) is 2.26. The van der Waals surface area contributed by atoms with Crippen LogP contribution in [0, 0.1) is 0 Å². The number of rotatable bonds is 3. The first-order chi connectivity index (χ1) is 8.38. The molecular weight excluding hydrogens is 234 g/mol. The van der Waals surface area contributed by atoms with Crippen LogP contribution < -0.4 is 5.19 Å². The van der Waals surface area contributed by atoms with Gasteiger partial charge in [-0.3, -0.25) is 0 Å². The van der Waals surface area contributed by atoms with Crippen molar-refractivity contribution in [2.45, 2.75) is 26.2 Å². The van der Waals surface area contributed by atoms with Crippen LogP contribution in [0.1, 0.15) is 5.56 Å². The highest BCUT2D eigenvalue weighted by Gasteiger charge is 2.20. The summed E-state index contributed by atoms with van der Waals surface area (Å²) in [6.45, 7) is 8.31. The summed E-state index contributed by atoms with van der Waals surface area (Å²) in [5, 5.41) is 4.32. The van der Waals surface area contributed by atoms with Crippen molar-refractivity contribution >= 4 is 24.0 Å². The van der Waals surface area contributed by atoms with Crippen molar-refractivity contribution in [3.63, 3.8) is 0 Å². The first kappa shape index (κ1) is 13.3. The maximum absolute atomic E-state index is 2.43. The van der Waals surface area contributed by atoms with E-state index in [0.717, 1.165) is 6.54 Å². The van der Waals surface area contributed by atoms with E-state index in [4.69, 9.17) is 0 Å². The Morgan fingerprint density at radius 1 is 0.944 bits per heavy atom. The number of fused-ring (bicyclic) bond motifs is 1. The first-order valence-corrected chi connectivity index (χ1v) is 10.0. The lowest BCUT2D eigenvalue weighted by molar-refractivity contribution is 0.404. The van der Waals surface area contributed by atoms with Crippen LogP contribution in [0.3, 0.4) is 0 Å². The quantitative estimate of drug-likeness (QED) is 0.761. The van der Waals surface area contributed by atoms with Gasteiger partial charge < -0.3 is 4.90 Å². The van der Waals surface area contributed by atoms with Crippen LogP contribution in [0.4, 0.5) is 0 Å². The molecule has 2 aromatic carbocycles. The fraction of sp³-hybridized carbons (Fsp3) is 0.375. The van der Waals surface area contributed by atoms with Crippen molar-refractivity contribution in [3.8, 4) is 0 Å². The molecule has 0 saturated heterocycles. The van der Waals surface area contributed by atoms with Crippen molar-refractivity contribution in [2.75, 3.05) is 14.1 Å². The molecule has 0 atom stereocenters. The molecule has 0 radical (unpaired) electrons. The van der Waals surface area contributed by atoms with Crippen molar-refractivity contribution < 1.29 is 0 Å². The van der Waals surface area contributed by atoms with E-state index in [2.05, 4.69) is 75.0 Å². The van der Waals surface area contributed by atoms with Gasteiger partial charge in [0.2, 0.25) is 0 Å². The van der Waals surface area contributed by atoms with Crippen LogP contribution >= 0.6 is 0 Å². The minimum absolute atomic E-state index is 1.03. The van der Waals surface area contributed by atoms with Crippen LogP contribution in [0.5, 0.6) is 0 Å². The summed E-state index contributed by atoms with van der Waals surface area (Å²) >= 11 is 0. The van der Waals surface area contributed by atoms with Crippen LogP contribution in [0.2, 0.25) is 19.6 Å². The second-order valence-electron chi connectivity index (χ2n) is 6.34. The smallest absolute Gasteiger partial charge is 0.0780 e. The predicted molar refractivity (Wildman–Crippen MR) is 84.3 cm³/mol. The SMILES string of the molecule is CN(C)Cc1cc2ccccc2cc1[Si](C)(C)C. The Balaban J connectivity index is 2.64. The normalized spacial score (nSPS) is 12.3. The van der Waals surface area contributed by atoms with Crippen LogP contribution in [0.25, 0.3) is 10.8 Å². The Morgan fingerprint density at radius 2 is 1.50 bits per heavy atom. The van der Waals surface area contributed by atoms with E-state index < -0.39 is 8.07 Å². The summed E-state index contributed by atoms with van der Waals surface area (Å²) in [7, 11) is 3.00. The summed E-state index contributed by atoms with van der Waals surface area (Å²) in [6, 6.07) is 13.5. The Bertz CT molecular complexity index is 553. The minimum Gasteiger partial charge on any atom is -0.305 e. The molecule has 0 aliphatic rings. The van der Waals surface area contributed by atoms with Crippen LogP contribution in [0.15, 0.2) is 36.4 Å². The lowest BCUT2D eigenvalue weighted by Gasteiger charge is -2.24. The van der Waals surface area contributed by atoms with Gasteiger partial charge in [-0.1, -0.05) is 55.2 Å². The zero-order valence-corrected chi connectivity index (χ0v) is 13.1. The lowest BCUT2D eigenvalue weighted by atomic mass is 10.1. The van der Waals surface area contributed by atoms with Crippen LogP contribution in [-0.4, -0.2) is 27.1 Å². The molecular formula is C16H23NSi. The minimum atomic E-state index is -1.29. The van der Waals surface area contributed by atoms with Crippen molar-refractivity contribution in [2.24, 2.45) is 0 Å². The third-order valence-electron chi connectivity index (χ3n) is 3.27. The molecule has 2 rings (SSSR count). The fourth-order valence-electron chi connectivity index (χ4n) is 2.46. The molecule has 0 aliphatic heterocycles. The van der Waals surface area contributed by atoms with Gasteiger partial charge in [0.15, 0.2) is 0 Å². The molecule has 2 heteroatoms. The maximum Gasteiger partial charge on any atom is 0.0780 e. The van der Waals surface area contributed by atoms with Gasteiger partial charge in [0.1, 0.15) is 0 Å². The molecule has 0 saturated carbocycles. The van der Waals surface area contributed by atoms with E-state index in [9.17, 15) is 0 Å². The van der Waals surface area contributed by atoms with Gasteiger partial charge in [0.05, 0.1) is 8.07 Å². The highest BCUT2D eigenvalue weighted by Crippen LogP contribution is 2.18. The molecule has 0 spiro atoms. The van der Waals surface area contributed by atoms with Crippen molar-refractivity contribution in [1.82, 2.24) is 4.90 Å². The molecule has 1 nitrogen and oxygen atoms in total. The summed E-state index contributed by atoms with van der Waals surface area (Å²) in [6.07, 6.45) is 0. The van der Waals surface area contributed by atoms with E-state index in [1.807, 2.05) is 0 Å². The summed E-state index contributed by atoms with van der Waals surface area (Å²) in [4.78, 5) is 2.26. The molecule has 0 fully saturated rings. The molecule has 0 heterocycles. The average molecular weight is 257 g/mol. The first-order valence-electron chi connectivity index (χ1n) is 6.55. The zero-order valence-electron chi connectivity index (χ0n) is 12.1. The molecule has 0 aliphatic carbocycles. The summed E-state index contributed by atoms with van der Waals surface area (Å²) < 4.78 is 0. The Labute approximate surface area is 111 Å². The molecule has 2 aromatic rings. The van der Waals surface area contributed by atoms with Gasteiger partial charge in [-0.25, -0.2) is 0 Å². The van der Waals surface area contributed by atoms with Gasteiger partial charge in [0.25, 0.3) is 0 Å². The molecule has 0 N–H and O–H groups in total. The highest BCUT2D eigenvalue weighted by molar-refractivity contribution is 6.89. The Morgan fingerprint density at radius 3 is 2.00 bits per heavy atom. The Kier molecular flexibility index (Phi) is 3.60. The Hall–Kier alpha value is -1.12. The molecule has 0 aromatic heterocycles. The third-order valence-corrected chi connectivity index (χ3v) is 5.35. The summed E-state index contributed by atoms with van der Waals surface area (Å²) in [5.41, 5.74) is 1.50. The molecule has 96 valence electrons. The topological polar surface area (TPSA) is 3.24 Å². The molecule has 18 heavy (non-hydrogen) atoms. The molecule has 0 bridgehead atoms. The zero-order chi connectivity index (χ0) is 13.3. The second-order valence-corrected chi connectivity index (χ2v) is 11.4. The van der Waals surface area contributed by atoms with E-state index in [-0.39, 0.29) is 0 Å². The van der Waals surface area contributed by atoms with Gasteiger partial charge in [-0.05, 0) is 36.5 Å². The number of benzene rings is 2. The maximum atomic E-state index is 2.43. The number of hydrogen-bond donors (Lipinski definition) is 0. The van der Waals surface area contributed by atoms with Crippen molar-refractivity contribution in [1.29, 1.82) is 0 Å². The second kappa shape index (κ2) is 4.86. The van der Waals surface area contributed by atoms with Gasteiger partial charge in [-0.15, -0.1) is 0 Å². The van der Waals surface area contributed by atoms with Crippen LogP contribution in [-0.2, 0) is 6.54 Å². The third kappa shape index (κ3) is 2.82. The van der Waals surface area contributed by atoms with E-state index in [1.54, 1.807) is 5.19 Å². The monoisotopic (exact) mass is 257 g/mol. The van der Waals surface area contributed by atoms with Gasteiger partial charge >= 0.3 is 0 Å². The fourth-order valence-corrected chi connectivity index (χ4v) is 4.16. The largest absolute Gasteiger partial charge is 0.305 e. The van der Waals surface area contributed by atoms with E-state index >= 15 is 0 Å². The standard InChI is InChI=1S/C16H23NSi/c1-17(2)12-15-10-13-8-6-7-9-14(13)11-16(15)18(3,4)5/h6-11H,12H2,1-5H3. The van der Waals surface area contributed by atoms with Crippen molar-refractivity contribution in [3.05, 3.63) is 42.0 Å². The number of nitrogens with zero attached hydrogens (tertiary/aromatic N) is 1. The number of hydrogen-bond acceptors (Lipinski definition) is 1. The van der Waals surface area contributed by atoms with Gasteiger partial charge in [0, 0.05) is 6.54 Å². The predicted octanol–water partition coefficient (Wildman–Crippen LogP) is 3.45. The summed E-state index contributed by atoms with van der Waals surface area (Å²) in [5.74, 6) is 0. The molecule has 0 unspecified atom stereocenters. The highest BCUT2D eigenvalue weighted by atomic mass is 28.3.